The van der Waals surface area contributed by atoms with Crippen LogP contribution in [0.15, 0.2) is 41.5 Å². The Hall–Kier alpha value is -3.06. The smallest absolute Gasteiger partial charge is 0.271 e. The first-order valence-corrected chi connectivity index (χ1v) is 8.53. The van der Waals surface area contributed by atoms with E-state index in [1.165, 1.54) is 20.2 Å². The average molecular weight is 390 g/mol. The number of ether oxygens (including phenoxy) is 2. The highest BCUT2D eigenvalue weighted by atomic mass is 35.5. The highest BCUT2D eigenvalue weighted by Gasteiger charge is 2.11. The fraction of sp³-hybridized carbons (Fsp3) is 0.211. The normalized spacial score (nSPS) is 10.5. The third kappa shape index (κ3) is 5.72. The lowest BCUT2D eigenvalue weighted by Crippen LogP contribution is -2.18. The zero-order valence-corrected chi connectivity index (χ0v) is 16.0. The summed E-state index contributed by atoms with van der Waals surface area (Å²) in [6, 6.07) is 9.89. The predicted octanol–water partition coefficient (Wildman–Crippen LogP) is 3.47. The quantitative estimate of drug-likeness (QED) is 0.560. The zero-order chi connectivity index (χ0) is 19.8. The van der Waals surface area contributed by atoms with Crippen LogP contribution in [0, 0.1) is 0 Å². The Bertz CT molecular complexity index is 868. The molecular formula is C19H20ClN3O4. The molecule has 2 rings (SSSR count). The molecule has 2 aromatic carbocycles. The molecule has 0 saturated carbocycles. The molecule has 2 amide bonds. The van der Waals surface area contributed by atoms with Gasteiger partial charge in [-0.15, -0.1) is 0 Å². The van der Waals surface area contributed by atoms with Crippen molar-refractivity contribution >= 4 is 35.3 Å². The van der Waals surface area contributed by atoms with Crippen molar-refractivity contribution in [2.75, 3.05) is 19.0 Å². The minimum Gasteiger partial charge on any atom is -0.491 e. The Kier molecular flexibility index (Phi) is 7.19. The summed E-state index contributed by atoms with van der Waals surface area (Å²) in [5.41, 5.74) is 3.96. The van der Waals surface area contributed by atoms with Gasteiger partial charge < -0.3 is 14.8 Å². The summed E-state index contributed by atoms with van der Waals surface area (Å²) >= 11 is 6.18. The number of benzene rings is 2. The third-order valence-electron chi connectivity index (χ3n) is 3.36. The van der Waals surface area contributed by atoms with Gasteiger partial charge in [-0.25, -0.2) is 5.43 Å². The Morgan fingerprint density at radius 2 is 2.04 bits per heavy atom. The molecule has 0 aliphatic heterocycles. The maximum atomic E-state index is 12.2. The van der Waals surface area contributed by atoms with Crippen molar-refractivity contribution in [1.82, 2.24) is 5.43 Å². The Labute approximate surface area is 162 Å². The Balaban J connectivity index is 2.11. The molecule has 0 aromatic heterocycles. The van der Waals surface area contributed by atoms with Gasteiger partial charge in [0.15, 0.2) is 11.5 Å². The number of hydrogen-bond acceptors (Lipinski definition) is 5. The summed E-state index contributed by atoms with van der Waals surface area (Å²) in [5.74, 6) is 0.299. The van der Waals surface area contributed by atoms with Crippen molar-refractivity contribution in [2.45, 2.75) is 13.8 Å². The van der Waals surface area contributed by atoms with Gasteiger partial charge in [0, 0.05) is 18.2 Å². The summed E-state index contributed by atoms with van der Waals surface area (Å²) in [7, 11) is 1.51. The standard InChI is InChI=1S/C19H20ClN3O4/c1-4-27-17-9-13(8-16(20)18(17)26-3)11-21-23-19(25)14-6-5-7-15(10-14)22-12(2)24/h5-11H,4H2,1-3H3,(H,22,24)(H,23,25)/b21-11-. The molecule has 7 nitrogen and oxygen atoms in total. The Morgan fingerprint density at radius 1 is 1.26 bits per heavy atom. The third-order valence-corrected chi connectivity index (χ3v) is 3.64. The summed E-state index contributed by atoms with van der Waals surface area (Å²) in [6.07, 6.45) is 1.45. The van der Waals surface area contributed by atoms with Crippen LogP contribution in [0.25, 0.3) is 0 Å². The van der Waals surface area contributed by atoms with E-state index in [-0.39, 0.29) is 5.91 Å². The van der Waals surface area contributed by atoms with Crippen LogP contribution in [0.1, 0.15) is 29.8 Å². The first-order valence-electron chi connectivity index (χ1n) is 8.16. The second kappa shape index (κ2) is 9.59. The van der Waals surface area contributed by atoms with Crippen LogP contribution in [0.5, 0.6) is 11.5 Å². The van der Waals surface area contributed by atoms with Gasteiger partial charge in [0.1, 0.15) is 0 Å². The van der Waals surface area contributed by atoms with Gasteiger partial charge in [0.25, 0.3) is 5.91 Å². The van der Waals surface area contributed by atoms with Gasteiger partial charge in [0.05, 0.1) is 25.0 Å². The second-order valence-electron chi connectivity index (χ2n) is 5.43. The maximum absolute atomic E-state index is 12.2. The van der Waals surface area contributed by atoms with Crippen molar-refractivity contribution in [1.29, 1.82) is 0 Å². The van der Waals surface area contributed by atoms with E-state index >= 15 is 0 Å². The van der Waals surface area contributed by atoms with Gasteiger partial charge in [-0.3, -0.25) is 9.59 Å². The monoisotopic (exact) mass is 389 g/mol. The molecule has 2 aromatic rings. The van der Waals surface area contributed by atoms with Crippen molar-refractivity contribution in [3.05, 3.63) is 52.5 Å². The fourth-order valence-electron chi connectivity index (χ4n) is 2.29. The lowest BCUT2D eigenvalue weighted by molar-refractivity contribution is -0.114. The molecule has 0 unspecified atom stereocenters. The van der Waals surface area contributed by atoms with Crippen LogP contribution in [0.2, 0.25) is 5.02 Å². The highest BCUT2D eigenvalue weighted by molar-refractivity contribution is 6.32. The molecule has 8 heteroatoms. The van der Waals surface area contributed by atoms with Crippen LogP contribution in [0.4, 0.5) is 5.69 Å². The van der Waals surface area contributed by atoms with Crippen LogP contribution in [0.3, 0.4) is 0 Å². The molecule has 27 heavy (non-hydrogen) atoms. The molecule has 0 radical (unpaired) electrons. The number of carbonyl (C=O) groups excluding carboxylic acids is 2. The fourth-order valence-corrected chi connectivity index (χ4v) is 2.59. The average Bonchev–Trinajstić information content (AvgIpc) is 2.61. The largest absolute Gasteiger partial charge is 0.491 e. The van der Waals surface area contributed by atoms with Crippen molar-refractivity contribution in [3.63, 3.8) is 0 Å². The zero-order valence-electron chi connectivity index (χ0n) is 15.2. The predicted molar refractivity (Wildman–Crippen MR) is 105 cm³/mol. The lowest BCUT2D eigenvalue weighted by atomic mass is 10.2. The van der Waals surface area contributed by atoms with E-state index in [1.807, 2.05) is 6.92 Å². The van der Waals surface area contributed by atoms with Gasteiger partial charge in [-0.1, -0.05) is 17.7 Å². The number of rotatable bonds is 7. The number of halogens is 1. The van der Waals surface area contributed by atoms with E-state index in [9.17, 15) is 9.59 Å². The van der Waals surface area contributed by atoms with Crippen LogP contribution in [-0.4, -0.2) is 31.7 Å². The first-order chi connectivity index (χ1) is 12.9. The van der Waals surface area contributed by atoms with E-state index in [2.05, 4.69) is 15.8 Å². The number of nitrogens with zero attached hydrogens (tertiary/aromatic N) is 1. The number of amides is 2. The number of hydrazone groups is 1. The molecule has 142 valence electrons. The molecule has 0 saturated heterocycles. The number of anilines is 1. The number of methoxy groups -OCH3 is 1. The van der Waals surface area contributed by atoms with Gasteiger partial charge in [-0.2, -0.15) is 5.10 Å². The Morgan fingerprint density at radius 3 is 2.70 bits per heavy atom. The van der Waals surface area contributed by atoms with Gasteiger partial charge in [0.2, 0.25) is 5.91 Å². The van der Waals surface area contributed by atoms with Crippen molar-refractivity contribution < 1.29 is 19.1 Å². The van der Waals surface area contributed by atoms with Crippen LogP contribution >= 0.6 is 11.6 Å². The van der Waals surface area contributed by atoms with Gasteiger partial charge in [-0.05, 0) is 42.8 Å². The lowest BCUT2D eigenvalue weighted by Gasteiger charge is -2.11. The second-order valence-corrected chi connectivity index (χ2v) is 5.84. The van der Waals surface area contributed by atoms with Crippen LogP contribution < -0.4 is 20.2 Å². The molecule has 0 aliphatic rings. The SMILES string of the molecule is CCOc1cc(/C=N\NC(=O)c2cccc(NC(C)=O)c2)cc(Cl)c1OC. The first kappa shape index (κ1) is 20.3. The molecular weight excluding hydrogens is 370 g/mol. The van der Waals surface area contributed by atoms with E-state index in [1.54, 1.807) is 36.4 Å². The van der Waals surface area contributed by atoms with E-state index in [4.69, 9.17) is 21.1 Å². The topological polar surface area (TPSA) is 89.0 Å². The molecule has 0 heterocycles. The van der Waals surface area contributed by atoms with E-state index in [0.29, 0.717) is 39.9 Å². The minimum atomic E-state index is -0.414. The minimum absolute atomic E-state index is 0.216. The summed E-state index contributed by atoms with van der Waals surface area (Å²) in [5, 5.41) is 6.93. The van der Waals surface area contributed by atoms with Crippen LogP contribution in [-0.2, 0) is 4.79 Å². The highest BCUT2D eigenvalue weighted by Crippen LogP contribution is 2.35. The van der Waals surface area contributed by atoms with Crippen molar-refractivity contribution in [3.8, 4) is 11.5 Å². The number of carbonyl (C=O) groups is 2. The van der Waals surface area contributed by atoms with Crippen molar-refractivity contribution in [2.24, 2.45) is 5.10 Å². The number of nitrogens with one attached hydrogen (secondary N) is 2. The summed E-state index contributed by atoms with van der Waals surface area (Å²) in [4.78, 5) is 23.3. The maximum Gasteiger partial charge on any atom is 0.271 e. The molecule has 0 atom stereocenters. The van der Waals surface area contributed by atoms with E-state index < -0.39 is 5.91 Å². The van der Waals surface area contributed by atoms with E-state index in [0.717, 1.165) is 0 Å². The molecule has 0 spiro atoms. The molecule has 0 aliphatic carbocycles. The van der Waals surface area contributed by atoms with Gasteiger partial charge >= 0.3 is 0 Å². The molecule has 0 fully saturated rings. The number of hydrogen-bond donors (Lipinski definition) is 2. The molecule has 2 N–H and O–H groups in total. The molecule has 0 bridgehead atoms. The summed E-state index contributed by atoms with van der Waals surface area (Å²) in [6.45, 7) is 3.70. The summed E-state index contributed by atoms with van der Waals surface area (Å²) < 4.78 is 10.7.